The number of benzene rings is 1. The lowest BCUT2D eigenvalue weighted by Crippen LogP contribution is -2.41. The third-order valence-corrected chi connectivity index (χ3v) is 3.83. The van der Waals surface area contributed by atoms with Gasteiger partial charge in [-0.2, -0.15) is 0 Å². The Morgan fingerprint density at radius 2 is 1.91 bits per heavy atom. The number of amides is 1. The molecule has 0 aromatic heterocycles. The summed E-state index contributed by atoms with van der Waals surface area (Å²) in [5, 5.41) is 2.52. The number of thioether (sulfide) groups is 1. The van der Waals surface area contributed by atoms with Crippen molar-refractivity contribution in [3.63, 3.8) is 0 Å². The van der Waals surface area contributed by atoms with E-state index in [1.54, 1.807) is 0 Å². The molecule has 0 fully saturated rings. The van der Waals surface area contributed by atoms with Crippen molar-refractivity contribution in [2.24, 2.45) is 0 Å². The molecule has 7 heteroatoms. The summed E-state index contributed by atoms with van der Waals surface area (Å²) in [4.78, 5) is 34.3. The zero-order valence-electron chi connectivity index (χ0n) is 13.2. The molecule has 1 amide bonds. The zero-order chi connectivity index (χ0) is 17.1. The van der Waals surface area contributed by atoms with E-state index in [1.807, 2.05) is 30.3 Å². The van der Waals surface area contributed by atoms with Crippen LogP contribution in [0.25, 0.3) is 0 Å². The summed E-state index contributed by atoms with van der Waals surface area (Å²) in [6.45, 7) is 1.61. The molecule has 0 aliphatic carbocycles. The molecule has 1 unspecified atom stereocenters. The van der Waals surface area contributed by atoms with Gasteiger partial charge in [-0.05, 0) is 18.4 Å². The predicted molar refractivity (Wildman–Crippen MR) is 87.9 cm³/mol. The molecular formula is C16H21NO5S. The monoisotopic (exact) mass is 339 g/mol. The lowest BCUT2D eigenvalue weighted by Gasteiger charge is -2.16. The van der Waals surface area contributed by atoms with Crippen LogP contribution in [0.5, 0.6) is 0 Å². The van der Waals surface area contributed by atoms with Crippen LogP contribution in [0, 0.1) is 0 Å². The summed E-state index contributed by atoms with van der Waals surface area (Å²) in [5.41, 5.74) is 0.857. The van der Waals surface area contributed by atoms with Gasteiger partial charge in [0.15, 0.2) is 5.12 Å². The van der Waals surface area contributed by atoms with E-state index >= 15 is 0 Å². The van der Waals surface area contributed by atoms with Crippen molar-refractivity contribution in [3.05, 3.63) is 35.9 Å². The van der Waals surface area contributed by atoms with Crippen molar-refractivity contribution >= 4 is 28.9 Å². The second kappa shape index (κ2) is 10.7. The van der Waals surface area contributed by atoms with E-state index in [2.05, 4.69) is 10.1 Å². The minimum absolute atomic E-state index is 0.0230. The van der Waals surface area contributed by atoms with Gasteiger partial charge >= 0.3 is 12.1 Å². The van der Waals surface area contributed by atoms with Crippen LogP contribution in [0.15, 0.2) is 30.3 Å². The Kier molecular flexibility index (Phi) is 8.82. The Morgan fingerprint density at radius 1 is 1.22 bits per heavy atom. The van der Waals surface area contributed by atoms with Crippen LogP contribution < -0.4 is 5.32 Å². The summed E-state index contributed by atoms with van der Waals surface area (Å²) in [6, 6.07) is 8.46. The van der Waals surface area contributed by atoms with Crippen LogP contribution in [0.1, 0.15) is 25.3 Å². The first kappa shape index (κ1) is 19.0. The fourth-order valence-corrected chi connectivity index (χ4v) is 2.40. The van der Waals surface area contributed by atoms with Crippen LogP contribution in [0.3, 0.4) is 0 Å². The van der Waals surface area contributed by atoms with E-state index in [0.29, 0.717) is 18.6 Å². The minimum atomic E-state index is -0.782. The number of ether oxygens (including phenoxy) is 2. The Morgan fingerprint density at radius 3 is 2.52 bits per heavy atom. The standard InChI is InChI=1S/C16H21NO5S/c1-12(18)23-10-6-9-14(15(19)21-2)17-16(20)22-11-13-7-4-3-5-8-13/h3-5,7-8,14H,6,9-11H2,1-2H3,(H,17,20). The van der Waals surface area contributed by atoms with Crippen LogP contribution in [0.4, 0.5) is 4.79 Å². The first-order valence-electron chi connectivity index (χ1n) is 7.21. The van der Waals surface area contributed by atoms with Crippen LogP contribution in [0.2, 0.25) is 0 Å². The van der Waals surface area contributed by atoms with Gasteiger partial charge in [-0.15, -0.1) is 0 Å². The lowest BCUT2D eigenvalue weighted by molar-refractivity contribution is -0.143. The van der Waals surface area contributed by atoms with E-state index in [0.717, 1.165) is 5.56 Å². The van der Waals surface area contributed by atoms with Crippen molar-refractivity contribution in [2.75, 3.05) is 12.9 Å². The molecule has 0 bridgehead atoms. The average molecular weight is 339 g/mol. The Labute approximate surface area is 139 Å². The highest BCUT2D eigenvalue weighted by atomic mass is 32.2. The Bertz CT molecular complexity index is 520. The van der Waals surface area contributed by atoms with Gasteiger partial charge in [0.1, 0.15) is 12.6 Å². The summed E-state index contributed by atoms with van der Waals surface area (Å²) in [6.07, 6.45) is 0.305. The molecular weight excluding hydrogens is 318 g/mol. The molecule has 0 aliphatic heterocycles. The van der Waals surface area contributed by atoms with Crippen LogP contribution in [-0.4, -0.2) is 36.1 Å². The average Bonchev–Trinajstić information content (AvgIpc) is 2.55. The quantitative estimate of drug-likeness (QED) is 0.579. The zero-order valence-corrected chi connectivity index (χ0v) is 14.1. The summed E-state index contributed by atoms with van der Waals surface area (Å²) in [5.74, 6) is 0.0540. The highest BCUT2D eigenvalue weighted by Gasteiger charge is 2.21. The number of esters is 1. The number of nitrogens with one attached hydrogen (secondary N) is 1. The number of carbonyl (C=O) groups is 3. The Hall–Kier alpha value is -2.02. The topological polar surface area (TPSA) is 81.7 Å². The molecule has 126 valence electrons. The fraction of sp³-hybridized carbons (Fsp3) is 0.438. The van der Waals surface area contributed by atoms with Gasteiger partial charge in [-0.25, -0.2) is 9.59 Å². The van der Waals surface area contributed by atoms with Gasteiger partial charge in [-0.3, -0.25) is 4.79 Å². The molecule has 0 aliphatic rings. The summed E-state index contributed by atoms with van der Waals surface area (Å²) >= 11 is 1.18. The van der Waals surface area contributed by atoms with Gasteiger partial charge in [0.05, 0.1) is 7.11 Å². The number of alkyl carbamates (subject to hydrolysis) is 1. The van der Waals surface area contributed by atoms with Gasteiger partial charge < -0.3 is 14.8 Å². The second-order valence-corrected chi connectivity index (χ2v) is 6.04. The van der Waals surface area contributed by atoms with Gasteiger partial charge in [-0.1, -0.05) is 42.1 Å². The molecule has 1 aromatic carbocycles. The molecule has 0 radical (unpaired) electrons. The van der Waals surface area contributed by atoms with Gasteiger partial charge in [0.25, 0.3) is 0 Å². The number of carbonyl (C=O) groups excluding carboxylic acids is 3. The van der Waals surface area contributed by atoms with Gasteiger partial charge in [0, 0.05) is 12.7 Å². The summed E-state index contributed by atoms with van der Waals surface area (Å²) < 4.78 is 9.75. The molecule has 1 rings (SSSR count). The van der Waals surface area contributed by atoms with Gasteiger partial charge in [0.2, 0.25) is 0 Å². The number of hydrogen-bond acceptors (Lipinski definition) is 6. The van der Waals surface area contributed by atoms with Crippen molar-refractivity contribution in [1.82, 2.24) is 5.32 Å². The first-order chi connectivity index (χ1) is 11.0. The SMILES string of the molecule is COC(=O)C(CCCSC(C)=O)NC(=O)OCc1ccccc1. The second-order valence-electron chi connectivity index (χ2n) is 4.76. The van der Waals surface area contributed by atoms with Crippen LogP contribution in [-0.2, 0) is 25.7 Å². The largest absolute Gasteiger partial charge is 0.467 e. The molecule has 23 heavy (non-hydrogen) atoms. The summed E-state index contributed by atoms with van der Waals surface area (Å²) in [7, 11) is 1.26. The maximum atomic E-state index is 11.8. The molecule has 0 heterocycles. The highest BCUT2D eigenvalue weighted by Crippen LogP contribution is 2.09. The normalized spacial score (nSPS) is 11.4. The number of methoxy groups -OCH3 is 1. The first-order valence-corrected chi connectivity index (χ1v) is 8.20. The predicted octanol–water partition coefficient (Wildman–Crippen LogP) is 2.51. The van der Waals surface area contributed by atoms with Crippen molar-refractivity contribution < 1.29 is 23.9 Å². The third kappa shape index (κ3) is 8.25. The molecule has 1 aromatic rings. The van der Waals surface area contributed by atoms with Crippen molar-refractivity contribution in [3.8, 4) is 0 Å². The number of hydrogen-bond donors (Lipinski definition) is 1. The maximum Gasteiger partial charge on any atom is 0.408 e. The molecule has 0 spiro atoms. The highest BCUT2D eigenvalue weighted by molar-refractivity contribution is 8.13. The van der Waals surface area contributed by atoms with Crippen molar-refractivity contribution in [2.45, 2.75) is 32.4 Å². The molecule has 0 saturated carbocycles. The van der Waals surface area contributed by atoms with Crippen molar-refractivity contribution in [1.29, 1.82) is 0 Å². The van der Waals surface area contributed by atoms with E-state index in [-0.39, 0.29) is 11.7 Å². The lowest BCUT2D eigenvalue weighted by atomic mass is 10.2. The third-order valence-electron chi connectivity index (χ3n) is 2.93. The maximum absolute atomic E-state index is 11.8. The van der Waals surface area contributed by atoms with E-state index < -0.39 is 18.1 Å². The Balaban J connectivity index is 2.40. The van der Waals surface area contributed by atoms with E-state index in [4.69, 9.17) is 4.74 Å². The van der Waals surface area contributed by atoms with Crippen LogP contribution >= 0.6 is 11.8 Å². The van der Waals surface area contributed by atoms with E-state index in [1.165, 1.54) is 25.8 Å². The smallest absolute Gasteiger partial charge is 0.408 e. The fourth-order valence-electron chi connectivity index (χ4n) is 1.80. The molecule has 6 nitrogen and oxygen atoms in total. The van der Waals surface area contributed by atoms with E-state index in [9.17, 15) is 14.4 Å². The molecule has 1 atom stereocenters. The minimum Gasteiger partial charge on any atom is -0.467 e. The molecule has 0 saturated heterocycles. The molecule has 1 N–H and O–H groups in total. The number of rotatable bonds is 8.